The van der Waals surface area contributed by atoms with Crippen LogP contribution in [0.2, 0.25) is 5.02 Å². The Hall–Kier alpha value is -1.21. The minimum atomic E-state index is -1.18. The summed E-state index contributed by atoms with van der Waals surface area (Å²) in [6.45, 7) is 8.72. The van der Waals surface area contributed by atoms with Crippen LogP contribution in [0.4, 0.5) is 0 Å². The number of hydrogen-bond donors (Lipinski definition) is 1. The molecule has 3 rings (SSSR count). The van der Waals surface area contributed by atoms with Gasteiger partial charge in [-0.25, -0.2) is 13.6 Å². The number of benzene rings is 1. The van der Waals surface area contributed by atoms with Crippen LogP contribution in [0.3, 0.4) is 0 Å². The molecule has 5 nitrogen and oxygen atoms in total. The lowest BCUT2D eigenvalue weighted by atomic mass is 10.1. The zero-order chi connectivity index (χ0) is 17.5. The molecule has 0 saturated carbocycles. The number of aryl methyl sites for hydroxylation is 1. The first kappa shape index (κ1) is 17.6. The molecule has 24 heavy (non-hydrogen) atoms. The van der Waals surface area contributed by atoms with Crippen molar-refractivity contribution in [2.45, 2.75) is 45.1 Å². The van der Waals surface area contributed by atoms with E-state index < -0.39 is 11.0 Å². The van der Waals surface area contributed by atoms with Crippen LogP contribution >= 0.6 is 11.6 Å². The van der Waals surface area contributed by atoms with E-state index >= 15 is 0 Å². The summed E-state index contributed by atoms with van der Waals surface area (Å²) >= 11 is 6.44. The molecule has 0 saturated heterocycles. The molecule has 0 fully saturated rings. The molecule has 2 heterocycles. The minimum Gasteiger partial charge on any atom is -0.373 e. The summed E-state index contributed by atoms with van der Waals surface area (Å²) in [5.74, 6) is 0. The Morgan fingerprint density at radius 1 is 1.42 bits per heavy atom. The lowest BCUT2D eigenvalue weighted by Crippen LogP contribution is -2.38. The third kappa shape index (κ3) is 3.28. The SMILES string of the molecule is Cc1cccc(-n2ncc3c2COC[C@H]3NS(=O)C(C)(C)C)c1Cl. The van der Waals surface area contributed by atoms with Crippen LogP contribution in [0, 0.1) is 6.92 Å². The fraction of sp³-hybridized carbons (Fsp3) is 0.471. The van der Waals surface area contributed by atoms with Crippen molar-refractivity contribution < 1.29 is 8.95 Å². The Morgan fingerprint density at radius 2 is 2.17 bits per heavy atom. The number of nitrogens with zero attached hydrogens (tertiary/aromatic N) is 2. The van der Waals surface area contributed by atoms with Crippen molar-refractivity contribution in [1.82, 2.24) is 14.5 Å². The summed E-state index contributed by atoms with van der Waals surface area (Å²) in [5.41, 5.74) is 3.78. The molecule has 0 bridgehead atoms. The molecule has 1 N–H and O–H groups in total. The number of ether oxygens (including phenoxy) is 1. The predicted octanol–water partition coefficient (Wildman–Crippen LogP) is 3.46. The normalized spacial score (nSPS) is 19.1. The van der Waals surface area contributed by atoms with Crippen LogP contribution in [-0.4, -0.2) is 25.3 Å². The van der Waals surface area contributed by atoms with E-state index in [0.717, 1.165) is 22.5 Å². The zero-order valence-corrected chi connectivity index (χ0v) is 15.9. The third-order valence-electron chi connectivity index (χ3n) is 4.00. The molecule has 1 aliphatic heterocycles. The number of halogens is 1. The van der Waals surface area contributed by atoms with E-state index in [9.17, 15) is 4.21 Å². The van der Waals surface area contributed by atoms with E-state index in [2.05, 4.69) is 9.82 Å². The standard InChI is InChI=1S/C17H22ClN3O2S/c1-11-6-5-7-14(16(11)18)21-15-10-23-9-13(12(15)8-19-21)20-24(22)17(2,3)4/h5-8,13,20H,9-10H2,1-4H3/t13-,24?/m1/s1. The fourth-order valence-corrected chi connectivity index (χ4v) is 3.60. The monoisotopic (exact) mass is 367 g/mol. The summed E-state index contributed by atoms with van der Waals surface area (Å²) in [7, 11) is -1.18. The third-order valence-corrected chi connectivity index (χ3v) is 6.11. The molecular formula is C17H22ClN3O2S. The highest BCUT2D eigenvalue weighted by Crippen LogP contribution is 2.31. The van der Waals surface area contributed by atoms with Gasteiger partial charge in [0.2, 0.25) is 0 Å². The number of fused-ring (bicyclic) bond motifs is 1. The van der Waals surface area contributed by atoms with Gasteiger partial charge in [0.25, 0.3) is 0 Å². The minimum absolute atomic E-state index is 0.147. The lowest BCUT2D eigenvalue weighted by molar-refractivity contribution is 0.0847. The van der Waals surface area contributed by atoms with Crippen molar-refractivity contribution >= 4 is 22.6 Å². The van der Waals surface area contributed by atoms with Crippen LogP contribution in [0.5, 0.6) is 0 Å². The second-order valence-corrected chi connectivity index (χ2v) is 9.31. The maximum atomic E-state index is 12.4. The molecule has 0 amide bonds. The van der Waals surface area contributed by atoms with Crippen molar-refractivity contribution in [2.75, 3.05) is 6.61 Å². The smallest absolute Gasteiger partial charge is 0.0976 e. The van der Waals surface area contributed by atoms with Gasteiger partial charge in [-0.1, -0.05) is 23.7 Å². The summed E-state index contributed by atoms with van der Waals surface area (Å²) in [6, 6.07) is 5.71. The van der Waals surface area contributed by atoms with Crippen molar-refractivity contribution in [3.63, 3.8) is 0 Å². The highest BCUT2D eigenvalue weighted by atomic mass is 35.5. The summed E-state index contributed by atoms with van der Waals surface area (Å²) in [5, 5.41) is 5.18. The second kappa shape index (κ2) is 6.59. The van der Waals surface area contributed by atoms with Crippen LogP contribution < -0.4 is 4.72 Å². The van der Waals surface area contributed by atoms with Crippen molar-refractivity contribution in [2.24, 2.45) is 0 Å². The number of rotatable bonds is 3. The molecule has 2 aromatic rings. The van der Waals surface area contributed by atoms with Crippen molar-refractivity contribution in [3.8, 4) is 5.69 Å². The molecule has 7 heteroatoms. The first-order chi connectivity index (χ1) is 11.3. The molecule has 1 aliphatic rings. The number of aromatic nitrogens is 2. The maximum absolute atomic E-state index is 12.4. The Labute approximate surface area is 149 Å². The summed E-state index contributed by atoms with van der Waals surface area (Å²) < 4.78 is 22.8. The van der Waals surface area contributed by atoms with Gasteiger partial charge in [-0.2, -0.15) is 5.10 Å². The average Bonchev–Trinajstić information content (AvgIpc) is 2.94. The molecule has 0 aliphatic carbocycles. The van der Waals surface area contributed by atoms with E-state index in [1.807, 2.05) is 56.8 Å². The highest BCUT2D eigenvalue weighted by molar-refractivity contribution is 7.84. The molecular weight excluding hydrogens is 346 g/mol. The molecule has 1 aromatic heterocycles. The fourth-order valence-electron chi connectivity index (χ4n) is 2.59. The summed E-state index contributed by atoms with van der Waals surface area (Å²) in [6.07, 6.45) is 1.81. The van der Waals surface area contributed by atoms with Gasteiger partial charge < -0.3 is 4.74 Å². The lowest BCUT2D eigenvalue weighted by Gasteiger charge is -2.27. The first-order valence-electron chi connectivity index (χ1n) is 7.87. The van der Waals surface area contributed by atoms with Crippen LogP contribution in [0.1, 0.15) is 43.6 Å². The molecule has 130 valence electrons. The highest BCUT2D eigenvalue weighted by Gasteiger charge is 2.30. The summed E-state index contributed by atoms with van der Waals surface area (Å²) in [4.78, 5) is 0. The van der Waals surface area contributed by atoms with Crippen LogP contribution in [-0.2, 0) is 22.3 Å². The van der Waals surface area contributed by atoms with Gasteiger partial charge in [0.1, 0.15) is 0 Å². The van der Waals surface area contributed by atoms with Gasteiger partial charge in [-0.3, -0.25) is 0 Å². The molecule has 1 aromatic carbocycles. The van der Waals surface area contributed by atoms with E-state index in [4.69, 9.17) is 16.3 Å². The van der Waals surface area contributed by atoms with Gasteiger partial charge in [-0.05, 0) is 39.3 Å². The largest absolute Gasteiger partial charge is 0.373 e. The van der Waals surface area contributed by atoms with Gasteiger partial charge in [0, 0.05) is 5.56 Å². The van der Waals surface area contributed by atoms with E-state index in [0.29, 0.717) is 18.2 Å². The number of hydrogen-bond acceptors (Lipinski definition) is 3. The van der Waals surface area contributed by atoms with Crippen LogP contribution in [0.15, 0.2) is 24.4 Å². The maximum Gasteiger partial charge on any atom is 0.0976 e. The Bertz CT molecular complexity index is 783. The second-order valence-electron chi connectivity index (χ2n) is 6.93. The van der Waals surface area contributed by atoms with Gasteiger partial charge in [0.15, 0.2) is 0 Å². The van der Waals surface area contributed by atoms with Gasteiger partial charge in [0.05, 0.1) is 57.6 Å². The molecule has 0 radical (unpaired) electrons. The molecule has 1 unspecified atom stereocenters. The van der Waals surface area contributed by atoms with Gasteiger partial charge in [-0.15, -0.1) is 0 Å². The first-order valence-corrected chi connectivity index (χ1v) is 9.40. The van der Waals surface area contributed by atoms with E-state index in [-0.39, 0.29) is 10.8 Å². The zero-order valence-electron chi connectivity index (χ0n) is 14.3. The Balaban J connectivity index is 1.96. The average molecular weight is 368 g/mol. The molecule has 2 atom stereocenters. The van der Waals surface area contributed by atoms with E-state index in [1.165, 1.54) is 0 Å². The topological polar surface area (TPSA) is 56.1 Å². The van der Waals surface area contributed by atoms with Crippen molar-refractivity contribution in [1.29, 1.82) is 0 Å². The Morgan fingerprint density at radius 3 is 2.88 bits per heavy atom. The molecule has 0 spiro atoms. The van der Waals surface area contributed by atoms with Gasteiger partial charge >= 0.3 is 0 Å². The number of nitrogens with one attached hydrogen (secondary N) is 1. The van der Waals surface area contributed by atoms with Crippen molar-refractivity contribution in [3.05, 3.63) is 46.2 Å². The Kier molecular flexibility index (Phi) is 4.84. The van der Waals surface area contributed by atoms with E-state index in [1.54, 1.807) is 0 Å². The predicted molar refractivity (Wildman–Crippen MR) is 96.7 cm³/mol. The quantitative estimate of drug-likeness (QED) is 0.903. The van der Waals surface area contributed by atoms with Crippen LogP contribution in [0.25, 0.3) is 5.69 Å².